The maximum Gasteiger partial charge on any atom is 0.251 e. The quantitative estimate of drug-likeness (QED) is 0.521. The molecular formula is C19H21ClFN5O2. The zero-order valence-corrected chi connectivity index (χ0v) is 16.3. The SMILES string of the molecule is C=N/C(=C\C=C(/C)Cl)c1cc(C(=O)N[C@@H](C)CO)cc(-n2ncnc2CF)c1. The molecule has 0 radical (unpaired) electrons. The Morgan fingerprint density at radius 3 is 2.75 bits per heavy atom. The lowest BCUT2D eigenvalue weighted by molar-refractivity contribution is 0.0922. The smallest absolute Gasteiger partial charge is 0.251 e. The van der Waals surface area contributed by atoms with E-state index in [9.17, 15) is 14.3 Å². The topological polar surface area (TPSA) is 92.4 Å². The first-order valence-electron chi connectivity index (χ1n) is 8.42. The number of hydrogen-bond donors (Lipinski definition) is 2. The molecule has 2 N–H and O–H groups in total. The van der Waals surface area contributed by atoms with Crippen LogP contribution in [-0.2, 0) is 6.67 Å². The van der Waals surface area contributed by atoms with Crippen LogP contribution in [0.3, 0.4) is 0 Å². The number of nitrogens with zero attached hydrogens (tertiary/aromatic N) is 4. The van der Waals surface area contributed by atoms with E-state index in [2.05, 4.69) is 27.1 Å². The van der Waals surface area contributed by atoms with Crippen molar-refractivity contribution >= 4 is 29.9 Å². The average Bonchev–Trinajstić information content (AvgIpc) is 3.16. The summed E-state index contributed by atoms with van der Waals surface area (Å²) in [6.45, 7) is 5.93. The Balaban J connectivity index is 2.61. The molecule has 0 aliphatic heterocycles. The molecule has 1 aromatic carbocycles. The zero-order valence-electron chi connectivity index (χ0n) is 15.6. The summed E-state index contributed by atoms with van der Waals surface area (Å²) < 4.78 is 14.5. The molecule has 9 heteroatoms. The van der Waals surface area contributed by atoms with E-state index >= 15 is 0 Å². The number of aliphatic imine (C=N–C) groups is 1. The van der Waals surface area contributed by atoms with Crippen LogP contribution in [0.15, 0.2) is 46.7 Å². The molecule has 148 valence electrons. The maximum atomic E-state index is 13.2. The molecule has 0 unspecified atom stereocenters. The number of aliphatic hydroxyl groups is 1. The number of rotatable bonds is 8. The van der Waals surface area contributed by atoms with Crippen molar-refractivity contribution in [3.05, 3.63) is 58.7 Å². The zero-order chi connectivity index (χ0) is 20.7. The van der Waals surface area contributed by atoms with E-state index in [1.54, 1.807) is 44.2 Å². The van der Waals surface area contributed by atoms with Gasteiger partial charge in [-0.15, -0.1) is 0 Å². The molecule has 1 amide bonds. The van der Waals surface area contributed by atoms with Crippen molar-refractivity contribution in [3.8, 4) is 5.69 Å². The molecule has 0 bridgehead atoms. The van der Waals surface area contributed by atoms with Gasteiger partial charge < -0.3 is 10.4 Å². The van der Waals surface area contributed by atoms with Crippen molar-refractivity contribution < 1.29 is 14.3 Å². The van der Waals surface area contributed by atoms with Crippen molar-refractivity contribution in [1.29, 1.82) is 0 Å². The molecule has 0 saturated heterocycles. The van der Waals surface area contributed by atoms with Crippen LogP contribution in [0, 0.1) is 0 Å². The highest BCUT2D eigenvalue weighted by molar-refractivity contribution is 6.29. The van der Waals surface area contributed by atoms with Gasteiger partial charge >= 0.3 is 0 Å². The van der Waals surface area contributed by atoms with Gasteiger partial charge in [0.1, 0.15) is 13.0 Å². The third kappa shape index (κ3) is 5.34. The van der Waals surface area contributed by atoms with Gasteiger partial charge in [0.2, 0.25) is 0 Å². The van der Waals surface area contributed by atoms with Crippen LogP contribution in [0.2, 0.25) is 0 Å². The number of benzene rings is 1. The summed E-state index contributed by atoms with van der Waals surface area (Å²) in [4.78, 5) is 20.4. The van der Waals surface area contributed by atoms with E-state index < -0.39 is 18.6 Å². The highest BCUT2D eigenvalue weighted by Crippen LogP contribution is 2.23. The number of aromatic nitrogens is 3. The van der Waals surface area contributed by atoms with Gasteiger partial charge in [0.15, 0.2) is 5.82 Å². The van der Waals surface area contributed by atoms with Gasteiger partial charge in [0.25, 0.3) is 5.91 Å². The van der Waals surface area contributed by atoms with Crippen LogP contribution < -0.4 is 5.32 Å². The van der Waals surface area contributed by atoms with Gasteiger partial charge in [0, 0.05) is 22.2 Å². The molecule has 0 saturated carbocycles. The highest BCUT2D eigenvalue weighted by Gasteiger charge is 2.15. The standard InChI is InChI=1S/C19H21ClFN5O2/c1-12(20)4-5-17(22-3)14-6-15(19(28)25-13(2)10-27)8-16(7-14)26-18(9-21)23-11-24-26/h4-8,11,13,27H,3,9-10H2,1-2H3,(H,25,28)/b12-4+,17-5-/t13-/m0/s1. The predicted molar refractivity (Wildman–Crippen MR) is 107 cm³/mol. The van der Waals surface area contributed by atoms with Crippen LogP contribution in [0.5, 0.6) is 0 Å². The second kappa shape index (κ2) is 9.91. The van der Waals surface area contributed by atoms with E-state index in [4.69, 9.17) is 11.6 Å². The number of amides is 1. The van der Waals surface area contributed by atoms with Crippen LogP contribution >= 0.6 is 11.6 Å². The molecule has 1 atom stereocenters. The van der Waals surface area contributed by atoms with Crippen molar-refractivity contribution in [2.75, 3.05) is 6.61 Å². The number of aliphatic hydroxyl groups excluding tert-OH is 1. The van der Waals surface area contributed by atoms with Gasteiger partial charge in [0.05, 0.1) is 18.0 Å². The normalized spacial score (nSPS) is 13.3. The number of alkyl halides is 1. The Hall–Kier alpha value is -2.84. The van der Waals surface area contributed by atoms with E-state index in [-0.39, 0.29) is 18.0 Å². The summed E-state index contributed by atoms with van der Waals surface area (Å²) in [7, 11) is 0. The van der Waals surface area contributed by atoms with E-state index in [1.807, 2.05) is 0 Å². The molecule has 28 heavy (non-hydrogen) atoms. The fourth-order valence-electron chi connectivity index (χ4n) is 2.37. The first kappa shape index (κ1) is 21.5. The van der Waals surface area contributed by atoms with Crippen molar-refractivity contribution in [2.45, 2.75) is 26.6 Å². The highest BCUT2D eigenvalue weighted by atomic mass is 35.5. The number of carbonyl (C=O) groups is 1. The Morgan fingerprint density at radius 2 is 2.14 bits per heavy atom. The van der Waals surface area contributed by atoms with Gasteiger partial charge in [-0.2, -0.15) is 5.10 Å². The lowest BCUT2D eigenvalue weighted by atomic mass is 10.0. The van der Waals surface area contributed by atoms with E-state index in [0.29, 0.717) is 22.0 Å². The van der Waals surface area contributed by atoms with Crippen LogP contribution in [0.4, 0.5) is 4.39 Å². The minimum absolute atomic E-state index is 0.0980. The molecule has 0 spiro atoms. The van der Waals surface area contributed by atoms with E-state index in [1.165, 1.54) is 11.0 Å². The predicted octanol–water partition coefficient (Wildman–Crippen LogP) is 3.03. The summed E-state index contributed by atoms with van der Waals surface area (Å²) in [5.41, 5.74) is 1.75. The first-order chi connectivity index (χ1) is 13.4. The average molecular weight is 406 g/mol. The fourth-order valence-corrected chi connectivity index (χ4v) is 2.43. The molecule has 0 fully saturated rings. The fraction of sp³-hybridized carbons (Fsp3) is 0.263. The van der Waals surface area contributed by atoms with Gasteiger partial charge in [-0.25, -0.2) is 14.1 Å². The molecule has 0 aliphatic carbocycles. The second-order valence-electron chi connectivity index (χ2n) is 6.01. The minimum Gasteiger partial charge on any atom is -0.394 e. The monoisotopic (exact) mass is 405 g/mol. The summed E-state index contributed by atoms with van der Waals surface area (Å²) in [6, 6.07) is 4.44. The molecule has 1 aromatic heterocycles. The Bertz CT molecular complexity index is 919. The number of hydrogen-bond acceptors (Lipinski definition) is 5. The van der Waals surface area contributed by atoms with Crippen LogP contribution in [-0.4, -0.2) is 45.1 Å². The minimum atomic E-state index is -0.816. The summed E-state index contributed by atoms with van der Waals surface area (Å²) in [6.07, 6.45) is 4.54. The maximum absolute atomic E-state index is 13.2. The van der Waals surface area contributed by atoms with Crippen molar-refractivity contribution in [1.82, 2.24) is 20.1 Å². The van der Waals surface area contributed by atoms with Gasteiger partial charge in [-0.1, -0.05) is 11.6 Å². The molecule has 2 rings (SSSR count). The van der Waals surface area contributed by atoms with Crippen LogP contribution in [0.25, 0.3) is 11.4 Å². The van der Waals surface area contributed by atoms with Gasteiger partial charge in [-0.05, 0) is 50.9 Å². The molecule has 7 nitrogen and oxygen atoms in total. The second-order valence-corrected chi connectivity index (χ2v) is 6.61. The van der Waals surface area contributed by atoms with Crippen LogP contribution in [0.1, 0.15) is 35.6 Å². The third-order valence-corrected chi connectivity index (χ3v) is 3.88. The number of carbonyl (C=O) groups excluding carboxylic acids is 1. The van der Waals surface area contributed by atoms with Crippen molar-refractivity contribution in [3.63, 3.8) is 0 Å². The molecule has 0 aliphatic rings. The Kier molecular flexibility index (Phi) is 7.60. The lowest BCUT2D eigenvalue weighted by Gasteiger charge is -2.14. The Morgan fingerprint density at radius 1 is 1.43 bits per heavy atom. The lowest BCUT2D eigenvalue weighted by Crippen LogP contribution is -2.35. The molecule has 1 heterocycles. The number of allylic oxidation sites excluding steroid dienone is 3. The largest absolute Gasteiger partial charge is 0.394 e. The molecular weight excluding hydrogens is 385 g/mol. The van der Waals surface area contributed by atoms with Gasteiger partial charge in [-0.3, -0.25) is 9.79 Å². The summed E-state index contributed by atoms with van der Waals surface area (Å²) >= 11 is 5.88. The van der Waals surface area contributed by atoms with E-state index in [0.717, 1.165) is 0 Å². The first-order valence-corrected chi connectivity index (χ1v) is 8.80. The number of nitrogens with one attached hydrogen (secondary N) is 1. The number of halogens is 2. The van der Waals surface area contributed by atoms with Crippen molar-refractivity contribution in [2.24, 2.45) is 4.99 Å². The summed E-state index contributed by atoms with van der Waals surface area (Å²) in [5.74, 6) is -0.306. The molecule has 2 aromatic rings. The third-order valence-electron chi connectivity index (χ3n) is 3.75. The summed E-state index contributed by atoms with van der Waals surface area (Å²) in [5, 5.41) is 16.4. The Labute approximate surface area is 167 Å².